The molecule has 0 saturated carbocycles. The molecule has 13 heavy (non-hydrogen) atoms. The second kappa shape index (κ2) is 7.30. The molecule has 0 spiro atoms. The molecule has 0 atom stereocenters. The van der Waals surface area contributed by atoms with Crippen LogP contribution in [0.15, 0.2) is 12.2 Å². The summed E-state index contributed by atoms with van der Waals surface area (Å²) in [5.74, 6) is -1.86. The van der Waals surface area contributed by atoms with Crippen LogP contribution in [0, 0.1) is 0 Å². The lowest BCUT2D eigenvalue weighted by Gasteiger charge is -2.00. The average Bonchev–Trinajstić information content (AvgIpc) is 2.09. The van der Waals surface area contributed by atoms with Gasteiger partial charge in [0.15, 0.2) is 0 Å². The summed E-state index contributed by atoms with van der Waals surface area (Å²) in [6.07, 6.45) is 1.58. The van der Waals surface area contributed by atoms with Gasteiger partial charge in [0.05, 0.1) is 6.61 Å². The highest BCUT2D eigenvalue weighted by atomic mass is 16.6. The van der Waals surface area contributed by atoms with Gasteiger partial charge in [-0.3, -0.25) is 0 Å². The summed E-state index contributed by atoms with van der Waals surface area (Å²) in [5, 5.41) is 8.15. The number of carboxylic acid groups (broad SMARTS) is 1. The van der Waals surface area contributed by atoms with Crippen LogP contribution in [0.3, 0.4) is 0 Å². The highest BCUT2D eigenvalue weighted by Crippen LogP contribution is 1.83. The highest BCUT2D eigenvalue weighted by molar-refractivity contribution is 5.90. The van der Waals surface area contributed by atoms with Crippen LogP contribution < -0.4 is 0 Å². The van der Waals surface area contributed by atoms with Gasteiger partial charge in [-0.1, -0.05) is 0 Å². The summed E-state index contributed by atoms with van der Waals surface area (Å²) in [7, 11) is 0. The SMILES string of the molecule is CCOCCOC(=O)/C=C\C(=O)O. The van der Waals surface area contributed by atoms with Crippen LogP contribution in [0.5, 0.6) is 0 Å². The summed E-state index contributed by atoms with van der Waals surface area (Å²) in [5.41, 5.74) is 0. The van der Waals surface area contributed by atoms with E-state index in [1.807, 2.05) is 6.92 Å². The van der Waals surface area contributed by atoms with Crippen molar-refractivity contribution < 1.29 is 24.2 Å². The fourth-order valence-corrected chi connectivity index (χ4v) is 0.533. The number of ether oxygens (including phenoxy) is 2. The average molecular weight is 188 g/mol. The Morgan fingerprint density at radius 3 is 2.54 bits per heavy atom. The van der Waals surface area contributed by atoms with E-state index in [1.54, 1.807) is 0 Å². The van der Waals surface area contributed by atoms with E-state index in [-0.39, 0.29) is 6.61 Å². The third kappa shape index (κ3) is 8.55. The summed E-state index contributed by atoms with van der Waals surface area (Å²) in [6.45, 7) is 2.84. The summed E-state index contributed by atoms with van der Waals surface area (Å²) in [6, 6.07) is 0. The molecule has 0 radical (unpaired) electrons. The molecule has 0 saturated heterocycles. The Balaban J connectivity index is 3.46. The molecular formula is C8H12O5. The molecular weight excluding hydrogens is 176 g/mol. The number of hydrogen-bond acceptors (Lipinski definition) is 4. The largest absolute Gasteiger partial charge is 0.478 e. The number of esters is 1. The zero-order chi connectivity index (χ0) is 10.1. The quantitative estimate of drug-likeness (QED) is 0.366. The molecule has 1 N–H and O–H groups in total. The maximum absolute atomic E-state index is 10.7. The molecule has 5 heteroatoms. The molecule has 0 aliphatic heterocycles. The lowest BCUT2D eigenvalue weighted by molar-refractivity contribution is -0.140. The number of carboxylic acids is 1. The van der Waals surface area contributed by atoms with Crippen LogP contribution in [0.1, 0.15) is 6.92 Å². The van der Waals surface area contributed by atoms with Crippen LogP contribution in [-0.2, 0) is 19.1 Å². The molecule has 74 valence electrons. The van der Waals surface area contributed by atoms with Gasteiger partial charge in [-0.25, -0.2) is 9.59 Å². The summed E-state index contributed by atoms with van der Waals surface area (Å²) < 4.78 is 9.47. The highest BCUT2D eigenvalue weighted by Gasteiger charge is 1.97. The van der Waals surface area contributed by atoms with Crippen molar-refractivity contribution in [3.63, 3.8) is 0 Å². The second-order valence-electron chi connectivity index (χ2n) is 2.04. The third-order valence-corrected chi connectivity index (χ3v) is 1.04. The minimum absolute atomic E-state index is 0.136. The topological polar surface area (TPSA) is 72.8 Å². The number of hydrogen-bond donors (Lipinski definition) is 1. The fraction of sp³-hybridized carbons (Fsp3) is 0.500. The van der Waals surface area contributed by atoms with E-state index < -0.39 is 11.9 Å². The predicted octanol–water partition coefficient (Wildman–Crippen LogP) is 0.207. The van der Waals surface area contributed by atoms with Crippen LogP contribution in [-0.4, -0.2) is 36.9 Å². The number of carbonyl (C=O) groups is 2. The first-order chi connectivity index (χ1) is 6.16. The van der Waals surface area contributed by atoms with E-state index in [2.05, 4.69) is 4.74 Å². The van der Waals surface area contributed by atoms with Crippen molar-refractivity contribution in [2.75, 3.05) is 19.8 Å². The summed E-state index contributed by atoms with van der Waals surface area (Å²) >= 11 is 0. The summed E-state index contributed by atoms with van der Waals surface area (Å²) in [4.78, 5) is 20.6. The Kier molecular flexibility index (Phi) is 6.53. The first-order valence-electron chi connectivity index (χ1n) is 3.82. The smallest absolute Gasteiger partial charge is 0.331 e. The first-order valence-corrected chi connectivity index (χ1v) is 3.82. The molecule has 0 aliphatic carbocycles. The maximum atomic E-state index is 10.7. The van der Waals surface area contributed by atoms with Crippen LogP contribution >= 0.6 is 0 Å². The molecule has 0 aromatic heterocycles. The predicted molar refractivity (Wildman–Crippen MR) is 44.2 cm³/mol. The van der Waals surface area contributed by atoms with Crippen molar-refractivity contribution in [3.8, 4) is 0 Å². The van der Waals surface area contributed by atoms with Crippen molar-refractivity contribution >= 4 is 11.9 Å². The fourth-order valence-electron chi connectivity index (χ4n) is 0.533. The van der Waals surface area contributed by atoms with E-state index in [4.69, 9.17) is 9.84 Å². The Hall–Kier alpha value is -1.36. The molecule has 0 aliphatic rings. The van der Waals surface area contributed by atoms with Gasteiger partial charge in [0.2, 0.25) is 0 Å². The van der Waals surface area contributed by atoms with Gasteiger partial charge in [-0.15, -0.1) is 0 Å². The molecule has 0 fully saturated rings. The van der Waals surface area contributed by atoms with E-state index in [9.17, 15) is 9.59 Å². The van der Waals surface area contributed by atoms with Crippen LogP contribution in [0.2, 0.25) is 0 Å². The Labute approximate surface area is 75.9 Å². The van der Waals surface area contributed by atoms with Gasteiger partial charge in [0.25, 0.3) is 0 Å². The lowest BCUT2D eigenvalue weighted by Crippen LogP contribution is -2.08. The maximum Gasteiger partial charge on any atom is 0.331 e. The molecule has 0 bridgehead atoms. The van der Waals surface area contributed by atoms with Crippen LogP contribution in [0.4, 0.5) is 0 Å². The molecule has 0 aromatic carbocycles. The van der Waals surface area contributed by atoms with Crippen molar-refractivity contribution in [2.24, 2.45) is 0 Å². The van der Waals surface area contributed by atoms with Gasteiger partial charge < -0.3 is 14.6 Å². The minimum Gasteiger partial charge on any atom is -0.478 e. The third-order valence-electron chi connectivity index (χ3n) is 1.04. The van der Waals surface area contributed by atoms with Gasteiger partial charge in [0.1, 0.15) is 6.61 Å². The first kappa shape index (κ1) is 11.6. The normalized spacial score (nSPS) is 10.2. The Bertz CT molecular complexity index is 197. The number of aliphatic carboxylic acids is 1. The van der Waals surface area contributed by atoms with Crippen LogP contribution in [0.25, 0.3) is 0 Å². The van der Waals surface area contributed by atoms with Gasteiger partial charge in [-0.2, -0.15) is 0 Å². The molecule has 0 rings (SSSR count). The molecule has 0 aromatic rings. The number of rotatable bonds is 6. The van der Waals surface area contributed by atoms with Crippen molar-refractivity contribution in [3.05, 3.63) is 12.2 Å². The van der Waals surface area contributed by atoms with E-state index in [0.717, 1.165) is 12.2 Å². The Morgan fingerprint density at radius 2 is 2.00 bits per heavy atom. The van der Waals surface area contributed by atoms with E-state index >= 15 is 0 Å². The minimum atomic E-state index is -1.18. The monoisotopic (exact) mass is 188 g/mol. The van der Waals surface area contributed by atoms with Gasteiger partial charge >= 0.3 is 11.9 Å². The zero-order valence-corrected chi connectivity index (χ0v) is 7.36. The van der Waals surface area contributed by atoms with Crippen molar-refractivity contribution in [1.29, 1.82) is 0 Å². The molecule has 0 heterocycles. The zero-order valence-electron chi connectivity index (χ0n) is 7.36. The second-order valence-corrected chi connectivity index (χ2v) is 2.04. The van der Waals surface area contributed by atoms with Crippen molar-refractivity contribution in [1.82, 2.24) is 0 Å². The van der Waals surface area contributed by atoms with E-state index in [0.29, 0.717) is 13.2 Å². The Morgan fingerprint density at radius 1 is 1.31 bits per heavy atom. The molecule has 0 amide bonds. The molecule has 5 nitrogen and oxygen atoms in total. The lowest BCUT2D eigenvalue weighted by atomic mass is 10.5. The van der Waals surface area contributed by atoms with Crippen molar-refractivity contribution in [2.45, 2.75) is 6.92 Å². The van der Waals surface area contributed by atoms with E-state index in [1.165, 1.54) is 0 Å². The standard InChI is InChI=1S/C8H12O5/c1-2-12-5-6-13-8(11)4-3-7(9)10/h3-4H,2,5-6H2,1H3,(H,9,10)/b4-3-. The van der Waals surface area contributed by atoms with Gasteiger partial charge in [-0.05, 0) is 6.92 Å². The molecule has 0 unspecified atom stereocenters. The van der Waals surface area contributed by atoms with Gasteiger partial charge in [0, 0.05) is 18.8 Å². The number of carbonyl (C=O) groups excluding carboxylic acids is 1.